The summed E-state index contributed by atoms with van der Waals surface area (Å²) in [4.78, 5) is 12.1. The van der Waals surface area contributed by atoms with E-state index in [0.717, 1.165) is 12.3 Å². The van der Waals surface area contributed by atoms with Gasteiger partial charge in [0, 0.05) is 12.5 Å². The van der Waals surface area contributed by atoms with E-state index in [2.05, 4.69) is 60.8 Å². The average molecular weight is 579 g/mol. The number of carbonyl (C=O) groups excluding carboxylic acids is 1. The lowest BCUT2D eigenvalue weighted by Crippen LogP contribution is -2.64. The molecule has 10 atom stereocenters. The molecule has 0 aromatic heterocycles. The molecule has 0 heterocycles. The molecule has 0 bridgehead atoms. The van der Waals surface area contributed by atoms with Gasteiger partial charge in [-0.15, -0.1) is 0 Å². The van der Waals surface area contributed by atoms with E-state index >= 15 is 0 Å². The van der Waals surface area contributed by atoms with Gasteiger partial charge in [0.1, 0.15) is 0 Å². The predicted octanol–water partition coefficient (Wildman–Crippen LogP) is 9.06. The zero-order chi connectivity index (χ0) is 28.8. The summed E-state index contributed by atoms with van der Waals surface area (Å²) in [6.45, 7) is 22.2. The molecule has 4 fully saturated rings. The van der Waals surface area contributed by atoms with Gasteiger partial charge in [0.05, 0.1) is 13.2 Å². The van der Waals surface area contributed by atoms with Crippen LogP contribution in [0.3, 0.4) is 0 Å². The lowest BCUT2D eigenvalue weighted by Gasteiger charge is -2.65. The monoisotopic (exact) mass is 578 g/mol. The molecule has 0 unspecified atom stereocenters. The molecule has 0 saturated heterocycles. The highest BCUT2D eigenvalue weighted by molar-refractivity contribution is 6.71. The molecule has 0 aromatic rings. The van der Waals surface area contributed by atoms with Crippen molar-refractivity contribution in [2.75, 3.05) is 7.11 Å². The third kappa shape index (κ3) is 6.02. The lowest BCUT2D eigenvalue weighted by atomic mass is 9.43. The van der Waals surface area contributed by atoms with Crippen LogP contribution in [0.15, 0.2) is 0 Å². The van der Waals surface area contributed by atoms with Crippen LogP contribution in [0.2, 0.25) is 38.3 Å². The number of ether oxygens (including phenoxy) is 1. The fourth-order valence-corrected chi connectivity index (χ4v) is 12.6. The molecule has 0 spiro atoms. The Morgan fingerprint density at radius 1 is 0.923 bits per heavy atom. The maximum absolute atomic E-state index is 12.1. The summed E-state index contributed by atoms with van der Waals surface area (Å²) in [5.41, 5.74) is 0.573. The van der Waals surface area contributed by atoms with Crippen molar-refractivity contribution in [3.63, 3.8) is 0 Å². The van der Waals surface area contributed by atoms with Gasteiger partial charge in [0.15, 0.2) is 16.6 Å². The summed E-state index contributed by atoms with van der Waals surface area (Å²) in [5, 5.41) is 0. The van der Waals surface area contributed by atoms with E-state index in [1.165, 1.54) is 70.6 Å². The molecule has 0 aliphatic heterocycles. The van der Waals surface area contributed by atoms with Gasteiger partial charge in [0.25, 0.3) is 0 Å². The van der Waals surface area contributed by atoms with Crippen molar-refractivity contribution >= 4 is 22.6 Å². The van der Waals surface area contributed by atoms with Gasteiger partial charge < -0.3 is 13.6 Å². The normalized spacial score (nSPS) is 41.3. The predicted molar refractivity (Wildman–Crippen MR) is 167 cm³/mol. The minimum Gasteiger partial charge on any atom is -0.469 e. The van der Waals surface area contributed by atoms with Crippen LogP contribution in [-0.4, -0.2) is 41.9 Å². The Balaban J connectivity index is 1.75. The van der Waals surface area contributed by atoms with Crippen LogP contribution in [0, 0.1) is 46.3 Å². The quantitative estimate of drug-likeness (QED) is 0.192. The van der Waals surface area contributed by atoms with Gasteiger partial charge in [-0.2, -0.15) is 0 Å². The van der Waals surface area contributed by atoms with Crippen molar-refractivity contribution in [1.82, 2.24) is 0 Å². The highest BCUT2D eigenvalue weighted by Crippen LogP contribution is 2.69. The number of methoxy groups -OCH3 is 1. The SMILES string of the molecule is CC[Si](C)(C)O[C@H]1C[C@H]2CCCC[C@]2(C)[C@H]2C[C@@H](O[Si](C)(C)CC)[C@]3(C)[C@@H]([C@H](C)CCC(=O)OC)CC[C@H]3[C@H]12. The molecule has 0 radical (unpaired) electrons. The van der Waals surface area contributed by atoms with Crippen LogP contribution in [0.1, 0.15) is 98.8 Å². The Kier molecular flexibility index (Phi) is 9.64. The largest absolute Gasteiger partial charge is 0.469 e. The summed E-state index contributed by atoms with van der Waals surface area (Å²) in [6, 6.07) is 2.36. The molecule has 226 valence electrons. The van der Waals surface area contributed by atoms with Crippen LogP contribution in [0.4, 0.5) is 0 Å². The van der Waals surface area contributed by atoms with E-state index in [9.17, 15) is 4.79 Å². The van der Waals surface area contributed by atoms with E-state index in [1.54, 1.807) is 0 Å². The third-order valence-electron chi connectivity index (χ3n) is 13.1. The Morgan fingerprint density at radius 2 is 1.59 bits per heavy atom. The standard InChI is InChI=1S/C33H62O4Si2/c1-11-38(7,8)36-28-21-24-15-13-14-20-32(24,4)27-22-29(37-39(9,10)12-2)33(5)25(17-18-26(33)31(27)28)23(3)16-19-30(34)35-6/h23-29,31H,11-22H2,1-10H3/t23-,24-,25-,26+,27+,28+,29-,31+,32+,33-/m1/s1. The zero-order valence-electron chi connectivity index (χ0n) is 27.2. The van der Waals surface area contributed by atoms with Gasteiger partial charge in [-0.1, -0.05) is 47.5 Å². The van der Waals surface area contributed by atoms with Crippen molar-refractivity contribution in [1.29, 1.82) is 0 Å². The first-order chi connectivity index (χ1) is 18.2. The average Bonchev–Trinajstić information content (AvgIpc) is 3.25. The van der Waals surface area contributed by atoms with E-state index in [-0.39, 0.29) is 11.4 Å². The summed E-state index contributed by atoms with van der Waals surface area (Å²) >= 11 is 0. The second-order valence-electron chi connectivity index (χ2n) is 15.8. The minimum atomic E-state index is -1.76. The fourth-order valence-electron chi connectivity index (χ4n) is 10.0. The molecule has 4 saturated carbocycles. The Labute approximate surface area is 243 Å². The van der Waals surface area contributed by atoms with E-state index in [1.807, 2.05) is 0 Å². The highest BCUT2D eigenvalue weighted by Gasteiger charge is 2.66. The minimum absolute atomic E-state index is 0.0682. The van der Waals surface area contributed by atoms with Gasteiger partial charge in [-0.25, -0.2) is 0 Å². The summed E-state index contributed by atoms with van der Waals surface area (Å²) in [7, 11) is -1.94. The third-order valence-corrected chi connectivity index (χ3v) is 18.3. The number of esters is 1. The Hall–Kier alpha value is -0.176. The first-order valence-electron chi connectivity index (χ1n) is 16.6. The molecule has 6 heteroatoms. The highest BCUT2D eigenvalue weighted by atomic mass is 28.4. The maximum atomic E-state index is 12.1. The number of hydrogen-bond donors (Lipinski definition) is 0. The van der Waals surface area contributed by atoms with Crippen LogP contribution in [0.5, 0.6) is 0 Å². The summed E-state index contributed by atoms with van der Waals surface area (Å²) < 4.78 is 19.8. The van der Waals surface area contributed by atoms with Crippen molar-refractivity contribution < 1.29 is 18.4 Å². The zero-order valence-corrected chi connectivity index (χ0v) is 29.2. The molecule has 0 amide bonds. The molecule has 4 nitrogen and oxygen atoms in total. The number of fused-ring (bicyclic) bond motifs is 5. The van der Waals surface area contributed by atoms with Crippen molar-refractivity contribution in [2.24, 2.45) is 46.3 Å². The summed E-state index contributed by atoms with van der Waals surface area (Å²) in [5.74, 6) is 3.83. The van der Waals surface area contributed by atoms with Gasteiger partial charge in [-0.05, 0) is 130 Å². The second kappa shape index (κ2) is 11.8. The van der Waals surface area contributed by atoms with Gasteiger partial charge >= 0.3 is 5.97 Å². The molecule has 39 heavy (non-hydrogen) atoms. The number of hydrogen-bond acceptors (Lipinski definition) is 4. The van der Waals surface area contributed by atoms with E-state index < -0.39 is 16.6 Å². The lowest BCUT2D eigenvalue weighted by molar-refractivity contribution is -0.194. The van der Waals surface area contributed by atoms with Crippen LogP contribution < -0.4 is 0 Å². The number of rotatable bonds is 10. The molecular formula is C33H62O4Si2. The van der Waals surface area contributed by atoms with E-state index in [0.29, 0.717) is 53.6 Å². The molecule has 4 rings (SSSR count). The molecule has 4 aliphatic rings. The maximum Gasteiger partial charge on any atom is 0.305 e. The Morgan fingerprint density at radius 3 is 2.23 bits per heavy atom. The first-order valence-corrected chi connectivity index (χ1v) is 22.9. The summed E-state index contributed by atoms with van der Waals surface area (Å²) in [6.07, 6.45) is 12.8. The number of carbonyl (C=O) groups is 1. The smallest absolute Gasteiger partial charge is 0.305 e. The van der Waals surface area contributed by atoms with Gasteiger partial charge in [-0.3, -0.25) is 4.79 Å². The van der Waals surface area contributed by atoms with Crippen molar-refractivity contribution in [3.05, 3.63) is 0 Å². The van der Waals surface area contributed by atoms with Crippen molar-refractivity contribution in [2.45, 2.75) is 149 Å². The first kappa shape index (κ1) is 31.8. The second-order valence-corrected chi connectivity index (χ2v) is 24.8. The van der Waals surface area contributed by atoms with Crippen molar-refractivity contribution in [3.8, 4) is 0 Å². The molecule has 0 N–H and O–H groups in total. The topological polar surface area (TPSA) is 44.8 Å². The molecular weight excluding hydrogens is 517 g/mol. The molecule has 0 aromatic carbocycles. The van der Waals surface area contributed by atoms with Crippen LogP contribution in [0.25, 0.3) is 0 Å². The van der Waals surface area contributed by atoms with E-state index in [4.69, 9.17) is 13.6 Å². The van der Waals surface area contributed by atoms with Crippen LogP contribution in [-0.2, 0) is 18.4 Å². The fraction of sp³-hybridized carbons (Fsp3) is 0.970. The van der Waals surface area contributed by atoms with Gasteiger partial charge in [0.2, 0.25) is 0 Å². The molecule has 4 aliphatic carbocycles. The van der Waals surface area contributed by atoms with Crippen LogP contribution >= 0.6 is 0 Å². The Bertz CT molecular complexity index is 861.